The molecule has 1 aliphatic carbocycles. The van der Waals surface area contributed by atoms with Gasteiger partial charge in [-0.2, -0.15) is 0 Å². The average Bonchev–Trinajstić information content (AvgIpc) is 2.81. The number of carbonyl (C=O) groups is 1. The zero-order chi connectivity index (χ0) is 13.9. The minimum Gasteiger partial charge on any atom is -0.458 e. The fourth-order valence-corrected chi connectivity index (χ4v) is 4.19. The van der Waals surface area contributed by atoms with Crippen LogP contribution in [0.1, 0.15) is 39.0 Å². The van der Waals surface area contributed by atoms with Gasteiger partial charge in [-0.15, -0.1) is 0 Å². The van der Waals surface area contributed by atoms with Crippen molar-refractivity contribution in [1.82, 2.24) is 4.90 Å². The van der Waals surface area contributed by atoms with Gasteiger partial charge in [0.2, 0.25) is 0 Å². The van der Waals surface area contributed by atoms with Crippen LogP contribution in [0, 0.1) is 0 Å². The molecule has 0 amide bonds. The summed E-state index contributed by atoms with van der Waals surface area (Å²) in [4.78, 5) is 13.9. The first-order valence-corrected chi connectivity index (χ1v) is 8.91. The Balaban J connectivity index is 1.81. The average molecular weight is 289 g/mol. The molecule has 110 valence electrons. The Bertz CT molecular complexity index is 412. The summed E-state index contributed by atoms with van der Waals surface area (Å²) in [5.41, 5.74) is -0.251. The summed E-state index contributed by atoms with van der Waals surface area (Å²) in [6.07, 6.45) is 5.05. The lowest BCUT2D eigenvalue weighted by Gasteiger charge is -2.30. The molecule has 19 heavy (non-hydrogen) atoms. The molecule has 0 radical (unpaired) electrons. The van der Waals surface area contributed by atoms with E-state index in [1.165, 1.54) is 0 Å². The van der Waals surface area contributed by atoms with Crippen molar-refractivity contribution in [2.75, 3.05) is 31.1 Å². The van der Waals surface area contributed by atoms with Gasteiger partial charge < -0.3 is 4.74 Å². The molecule has 0 N–H and O–H groups in total. The van der Waals surface area contributed by atoms with Crippen LogP contribution in [-0.4, -0.2) is 56.0 Å². The second kappa shape index (κ2) is 5.79. The number of esters is 1. The third-order valence-electron chi connectivity index (χ3n) is 4.28. The van der Waals surface area contributed by atoms with Crippen LogP contribution in [0.2, 0.25) is 0 Å². The van der Waals surface area contributed by atoms with Gasteiger partial charge in [0.15, 0.2) is 9.84 Å². The molecule has 0 spiro atoms. The lowest BCUT2D eigenvalue weighted by atomic mass is 9.99. The standard InChI is InChI=1S/C13H23NO4S/c1-2-13(5-3-4-6-13)18-12(15)11-14-7-9-19(16,17)10-8-14/h2-11H2,1H3. The van der Waals surface area contributed by atoms with Crippen molar-refractivity contribution in [2.45, 2.75) is 44.6 Å². The number of carbonyl (C=O) groups excluding carboxylic acids is 1. The van der Waals surface area contributed by atoms with E-state index in [-0.39, 0.29) is 29.6 Å². The van der Waals surface area contributed by atoms with E-state index in [0.29, 0.717) is 13.1 Å². The first-order chi connectivity index (χ1) is 8.95. The van der Waals surface area contributed by atoms with Crippen LogP contribution >= 0.6 is 0 Å². The molecule has 5 nitrogen and oxygen atoms in total. The largest absolute Gasteiger partial charge is 0.458 e. The van der Waals surface area contributed by atoms with Crippen molar-refractivity contribution in [3.63, 3.8) is 0 Å². The molecule has 6 heteroatoms. The van der Waals surface area contributed by atoms with Crippen LogP contribution in [-0.2, 0) is 19.4 Å². The molecule has 0 aromatic rings. The van der Waals surface area contributed by atoms with Gasteiger partial charge in [0.05, 0.1) is 18.1 Å². The smallest absolute Gasteiger partial charge is 0.320 e. The topological polar surface area (TPSA) is 63.7 Å². The van der Waals surface area contributed by atoms with Crippen LogP contribution in [0.15, 0.2) is 0 Å². The monoisotopic (exact) mass is 289 g/mol. The zero-order valence-electron chi connectivity index (χ0n) is 11.6. The minimum atomic E-state index is -2.88. The molecule has 1 heterocycles. The van der Waals surface area contributed by atoms with Gasteiger partial charge in [0, 0.05) is 13.1 Å². The molecule has 0 aromatic carbocycles. The van der Waals surface area contributed by atoms with E-state index in [1.807, 2.05) is 4.90 Å². The summed E-state index contributed by atoms with van der Waals surface area (Å²) in [6.45, 7) is 3.16. The fraction of sp³-hybridized carbons (Fsp3) is 0.923. The van der Waals surface area contributed by atoms with Crippen LogP contribution in [0.3, 0.4) is 0 Å². The van der Waals surface area contributed by atoms with Crippen molar-refractivity contribution < 1.29 is 17.9 Å². The van der Waals surface area contributed by atoms with Crippen LogP contribution in [0.4, 0.5) is 0 Å². The van der Waals surface area contributed by atoms with E-state index in [4.69, 9.17) is 4.74 Å². The maximum absolute atomic E-state index is 12.0. The van der Waals surface area contributed by atoms with Gasteiger partial charge >= 0.3 is 5.97 Å². The Morgan fingerprint density at radius 3 is 2.32 bits per heavy atom. The summed E-state index contributed by atoms with van der Waals surface area (Å²) in [6, 6.07) is 0. The zero-order valence-corrected chi connectivity index (χ0v) is 12.4. The predicted molar refractivity (Wildman–Crippen MR) is 72.7 cm³/mol. The number of ether oxygens (including phenoxy) is 1. The van der Waals surface area contributed by atoms with Crippen LogP contribution < -0.4 is 0 Å². The highest BCUT2D eigenvalue weighted by molar-refractivity contribution is 7.91. The summed E-state index contributed by atoms with van der Waals surface area (Å²) >= 11 is 0. The molecule has 0 bridgehead atoms. The molecule has 1 saturated carbocycles. The van der Waals surface area contributed by atoms with Crippen LogP contribution in [0.25, 0.3) is 0 Å². The first kappa shape index (κ1) is 14.8. The summed E-state index contributed by atoms with van der Waals surface area (Å²) in [5, 5.41) is 0. The summed E-state index contributed by atoms with van der Waals surface area (Å²) in [7, 11) is -2.88. The Labute approximate surface area is 115 Å². The molecule has 1 saturated heterocycles. The number of nitrogens with zero attached hydrogens (tertiary/aromatic N) is 1. The highest BCUT2D eigenvalue weighted by Crippen LogP contribution is 2.36. The molecule has 1 aliphatic heterocycles. The molecule has 2 aliphatic rings. The Morgan fingerprint density at radius 1 is 1.21 bits per heavy atom. The highest BCUT2D eigenvalue weighted by atomic mass is 32.2. The Kier molecular flexibility index (Phi) is 4.50. The van der Waals surface area contributed by atoms with Crippen molar-refractivity contribution in [1.29, 1.82) is 0 Å². The second-order valence-corrected chi connectivity index (χ2v) is 7.95. The van der Waals surface area contributed by atoms with E-state index in [0.717, 1.165) is 32.1 Å². The van der Waals surface area contributed by atoms with E-state index < -0.39 is 9.84 Å². The van der Waals surface area contributed by atoms with Gasteiger partial charge in [-0.25, -0.2) is 8.42 Å². The molecular formula is C13H23NO4S. The lowest BCUT2D eigenvalue weighted by molar-refractivity contribution is -0.161. The Hall–Kier alpha value is -0.620. The third-order valence-corrected chi connectivity index (χ3v) is 5.89. The molecular weight excluding hydrogens is 266 g/mol. The van der Waals surface area contributed by atoms with Gasteiger partial charge in [0.25, 0.3) is 0 Å². The van der Waals surface area contributed by atoms with E-state index in [9.17, 15) is 13.2 Å². The Morgan fingerprint density at radius 2 is 1.79 bits per heavy atom. The van der Waals surface area contributed by atoms with E-state index >= 15 is 0 Å². The van der Waals surface area contributed by atoms with E-state index in [2.05, 4.69) is 6.92 Å². The number of sulfone groups is 1. The molecule has 2 rings (SSSR count). The maximum Gasteiger partial charge on any atom is 0.320 e. The fourth-order valence-electron chi connectivity index (χ4n) is 2.91. The molecule has 0 atom stereocenters. The van der Waals surface area contributed by atoms with Gasteiger partial charge in [-0.3, -0.25) is 9.69 Å². The number of hydrogen-bond donors (Lipinski definition) is 0. The highest BCUT2D eigenvalue weighted by Gasteiger charge is 2.36. The van der Waals surface area contributed by atoms with Gasteiger partial charge in [0.1, 0.15) is 5.60 Å². The van der Waals surface area contributed by atoms with Crippen molar-refractivity contribution >= 4 is 15.8 Å². The van der Waals surface area contributed by atoms with Crippen molar-refractivity contribution in [3.05, 3.63) is 0 Å². The maximum atomic E-state index is 12.0. The second-order valence-electron chi connectivity index (χ2n) is 5.65. The quantitative estimate of drug-likeness (QED) is 0.722. The van der Waals surface area contributed by atoms with Crippen molar-refractivity contribution in [3.8, 4) is 0 Å². The van der Waals surface area contributed by atoms with Gasteiger partial charge in [-0.05, 0) is 32.1 Å². The number of hydrogen-bond acceptors (Lipinski definition) is 5. The first-order valence-electron chi connectivity index (χ1n) is 7.09. The summed E-state index contributed by atoms with van der Waals surface area (Å²) < 4.78 is 28.3. The molecule has 2 fully saturated rings. The third kappa shape index (κ3) is 3.92. The molecule has 0 unspecified atom stereocenters. The minimum absolute atomic E-state index is 0.152. The number of rotatable bonds is 4. The van der Waals surface area contributed by atoms with E-state index in [1.54, 1.807) is 0 Å². The summed E-state index contributed by atoms with van der Waals surface area (Å²) in [5.74, 6) is 0.0985. The predicted octanol–water partition coefficient (Wildman–Crippen LogP) is 0.983. The lowest BCUT2D eigenvalue weighted by Crippen LogP contribution is -2.44. The van der Waals surface area contributed by atoms with Gasteiger partial charge in [-0.1, -0.05) is 6.92 Å². The van der Waals surface area contributed by atoms with Crippen molar-refractivity contribution in [2.24, 2.45) is 0 Å². The normalized spacial score (nSPS) is 26.2. The van der Waals surface area contributed by atoms with Crippen LogP contribution in [0.5, 0.6) is 0 Å². The molecule has 0 aromatic heterocycles. The SMILES string of the molecule is CCC1(OC(=O)CN2CCS(=O)(=O)CC2)CCCC1.